The van der Waals surface area contributed by atoms with E-state index in [1.54, 1.807) is 62.6 Å². The first-order chi connectivity index (χ1) is 17.1. The molecule has 1 saturated carbocycles. The summed E-state index contributed by atoms with van der Waals surface area (Å²) >= 11 is 12.1. The van der Waals surface area contributed by atoms with Crippen LogP contribution in [0.1, 0.15) is 41.3 Å². The zero-order chi connectivity index (χ0) is 26.0. The summed E-state index contributed by atoms with van der Waals surface area (Å²) in [6, 6.07) is 9.15. The number of rotatable bonds is 7. The Hall–Kier alpha value is -3.62. The minimum atomic E-state index is -1.10. The van der Waals surface area contributed by atoms with Gasteiger partial charge in [-0.05, 0) is 43.2 Å². The quantitative estimate of drug-likeness (QED) is 0.454. The number of aliphatic carboxylic acids is 1. The number of hydrogen-bond acceptors (Lipinski definition) is 6. The molecule has 8 nitrogen and oxygen atoms in total. The fraction of sp³-hybridized carbons (Fsp3) is 0.231. The number of nitrogens with zero attached hydrogens (tertiary/aromatic N) is 3. The molecule has 0 aliphatic heterocycles. The highest BCUT2D eigenvalue weighted by Gasteiger charge is 2.54. The maximum atomic E-state index is 12.8. The van der Waals surface area contributed by atoms with Crippen LogP contribution in [0.3, 0.4) is 0 Å². The third kappa shape index (κ3) is 5.01. The smallest absolute Gasteiger partial charge is 0.328 e. The Morgan fingerprint density at radius 1 is 1.08 bits per heavy atom. The van der Waals surface area contributed by atoms with Crippen LogP contribution in [-0.4, -0.2) is 44.5 Å². The lowest BCUT2D eigenvalue weighted by Gasteiger charge is -2.43. The van der Waals surface area contributed by atoms with E-state index in [2.05, 4.69) is 20.3 Å². The van der Waals surface area contributed by atoms with E-state index in [1.165, 1.54) is 12.4 Å². The average Bonchev–Trinajstić information content (AvgIpc) is 2.84. The third-order valence-electron chi connectivity index (χ3n) is 6.11. The van der Waals surface area contributed by atoms with Crippen molar-refractivity contribution in [2.45, 2.75) is 32.2 Å². The van der Waals surface area contributed by atoms with Crippen LogP contribution >= 0.6 is 23.2 Å². The number of ketones is 1. The van der Waals surface area contributed by atoms with Gasteiger partial charge in [-0.25, -0.2) is 4.79 Å². The molecule has 10 heteroatoms. The van der Waals surface area contributed by atoms with Crippen molar-refractivity contribution in [1.29, 1.82) is 0 Å². The first-order valence-corrected chi connectivity index (χ1v) is 11.8. The Balaban J connectivity index is 1.52. The zero-order valence-corrected chi connectivity index (χ0v) is 20.9. The van der Waals surface area contributed by atoms with Gasteiger partial charge in [0.05, 0.1) is 26.9 Å². The van der Waals surface area contributed by atoms with E-state index >= 15 is 0 Å². The molecular weight excluding hydrogens is 503 g/mol. The molecule has 0 spiro atoms. The number of amides is 1. The Labute approximate surface area is 217 Å². The number of nitrogens with one attached hydrogen (secondary N) is 1. The van der Waals surface area contributed by atoms with Crippen molar-refractivity contribution in [3.8, 4) is 0 Å². The number of carboxylic acids is 1. The van der Waals surface area contributed by atoms with Crippen molar-refractivity contribution in [3.05, 3.63) is 87.9 Å². The van der Waals surface area contributed by atoms with Crippen molar-refractivity contribution >= 4 is 52.3 Å². The second-order valence-corrected chi connectivity index (χ2v) is 9.72. The largest absolute Gasteiger partial charge is 0.480 e. The summed E-state index contributed by atoms with van der Waals surface area (Å²) in [5.41, 5.74) is 1.67. The molecule has 2 heterocycles. The second kappa shape index (κ2) is 10.2. The molecule has 3 aromatic rings. The number of pyridine rings is 2. The van der Waals surface area contributed by atoms with Gasteiger partial charge in [-0.3, -0.25) is 24.5 Å². The zero-order valence-electron chi connectivity index (χ0n) is 19.4. The molecule has 2 aromatic heterocycles. The second-order valence-electron chi connectivity index (χ2n) is 8.91. The lowest BCUT2D eigenvalue weighted by atomic mass is 9.59. The van der Waals surface area contributed by atoms with Crippen LogP contribution in [0.25, 0.3) is 0 Å². The Bertz CT molecular complexity index is 1340. The van der Waals surface area contributed by atoms with Crippen molar-refractivity contribution in [2.24, 2.45) is 10.4 Å². The summed E-state index contributed by atoms with van der Waals surface area (Å²) < 4.78 is 0. The number of carbonyl (C=O) groups excluding carboxylic acids is 2. The van der Waals surface area contributed by atoms with Crippen LogP contribution in [0.2, 0.25) is 10.0 Å². The highest BCUT2D eigenvalue weighted by atomic mass is 35.5. The maximum Gasteiger partial charge on any atom is 0.328 e. The number of carbonyl (C=O) groups is 3. The number of Topliss-reactive ketones (excluding diaryl/α,β-unsaturated/α-hetero) is 1. The molecule has 0 saturated heterocycles. The summed E-state index contributed by atoms with van der Waals surface area (Å²) in [7, 11) is 0. The molecule has 1 aromatic carbocycles. The number of carboxylic acid groups (broad SMARTS) is 1. The topological polar surface area (TPSA) is 122 Å². The third-order valence-corrected chi connectivity index (χ3v) is 6.68. The maximum absolute atomic E-state index is 12.8. The molecule has 4 rings (SSSR count). The number of aromatic nitrogens is 2. The molecule has 1 aliphatic rings. The van der Waals surface area contributed by atoms with Crippen molar-refractivity contribution < 1.29 is 19.5 Å². The van der Waals surface area contributed by atoms with Gasteiger partial charge in [-0.2, -0.15) is 0 Å². The Kier molecular flexibility index (Phi) is 7.19. The minimum absolute atomic E-state index is 0.0205. The van der Waals surface area contributed by atoms with Crippen molar-refractivity contribution in [2.75, 3.05) is 5.32 Å². The SMILES string of the molecule is CC1(C)C(=O)C(c2cccnc2)C1=N[C@@H](Cc1ccc(NC(=O)c2c(Cl)cncc2Cl)cc1)C(=O)O. The first-order valence-electron chi connectivity index (χ1n) is 11.0. The van der Waals surface area contributed by atoms with Crippen LogP contribution < -0.4 is 5.32 Å². The highest BCUT2D eigenvalue weighted by molar-refractivity contribution is 6.40. The van der Waals surface area contributed by atoms with Gasteiger partial charge in [-0.1, -0.05) is 41.4 Å². The van der Waals surface area contributed by atoms with Gasteiger partial charge in [0.15, 0.2) is 11.8 Å². The average molecular weight is 525 g/mol. The normalized spacial score (nSPS) is 18.4. The molecule has 1 aliphatic carbocycles. The fourth-order valence-corrected chi connectivity index (χ4v) is 4.65. The van der Waals surface area contributed by atoms with Gasteiger partial charge >= 0.3 is 5.97 Å². The summed E-state index contributed by atoms with van der Waals surface area (Å²) in [6.45, 7) is 3.50. The number of halogens is 2. The summed E-state index contributed by atoms with van der Waals surface area (Å²) in [5, 5.41) is 12.8. The van der Waals surface area contributed by atoms with Crippen LogP contribution in [0, 0.1) is 5.41 Å². The van der Waals surface area contributed by atoms with Crippen LogP contribution in [0.15, 0.2) is 66.2 Å². The lowest BCUT2D eigenvalue weighted by molar-refractivity contribution is -0.138. The van der Waals surface area contributed by atoms with Gasteiger partial charge < -0.3 is 10.4 Å². The highest BCUT2D eigenvalue weighted by Crippen LogP contribution is 2.44. The predicted octanol–water partition coefficient (Wildman–Crippen LogP) is 4.87. The Morgan fingerprint density at radius 3 is 2.33 bits per heavy atom. The number of benzene rings is 1. The summed E-state index contributed by atoms with van der Waals surface area (Å²) in [5.74, 6) is -2.21. The van der Waals surface area contributed by atoms with Gasteiger partial charge in [0, 0.05) is 42.6 Å². The summed E-state index contributed by atoms with van der Waals surface area (Å²) in [6.07, 6.45) is 5.98. The van der Waals surface area contributed by atoms with Crippen molar-refractivity contribution in [3.63, 3.8) is 0 Å². The minimum Gasteiger partial charge on any atom is -0.480 e. The molecule has 0 radical (unpaired) electrons. The molecule has 2 atom stereocenters. The van der Waals surface area contributed by atoms with Gasteiger partial charge in [-0.15, -0.1) is 0 Å². The van der Waals surface area contributed by atoms with E-state index in [0.29, 0.717) is 22.5 Å². The van der Waals surface area contributed by atoms with Gasteiger partial charge in [0.2, 0.25) is 0 Å². The molecule has 1 unspecified atom stereocenters. The molecule has 1 fully saturated rings. The van der Waals surface area contributed by atoms with E-state index in [0.717, 1.165) is 0 Å². The van der Waals surface area contributed by atoms with E-state index in [9.17, 15) is 19.5 Å². The predicted molar refractivity (Wildman–Crippen MR) is 137 cm³/mol. The van der Waals surface area contributed by atoms with E-state index in [4.69, 9.17) is 23.2 Å². The standard InChI is InChI=1S/C26H22Cl2N4O4/c1-26(2)22(20(23(26)33)15-4-3-9-29-11-15)32-19(25(35)36)10-14-5-7-16(8-6-14)31-24(34)21-17(27)12-30-13-18(21)28/h3-9,11-13,19-20H,10H2,1-2H3,(H,31,34)(H,35,36)/t19-,20?/m0/s1. The van der Waals surface area contributed by atoms with Crippen molar-refractivity contribution in [1.82, 2.24) is 9.97 Å². The Morgan fingerprint density at radius 2 is 1.75 bits per heavy atom. The molecule has 0 bridgehead atoms. The molecule has 184 valence electrons. The molecular formula is C26H22Cl2N4O4. The molecule has 1 amide bonds. The first kappa shape index (κ1) is 25.5. The van der Waals surface area contributed by atoms with E-state index in [1.807, 2.05) is 0 Å². The fourth-order valence-electron chi connectivity index (χ4n) is 4.11. The number of aliphatic imine (C=N–C) groups is 1. The van der Waals surface area contributed by atoms with Gasteiger partial charge in [0.25, 0.3) is 5.91 Å². The molecule has 2 N–H and O–H groups in total. The monoisotopic (exact) mass is 524 g/mol. The number of hydrogen-bond donors (Lipinski definition) is 2. The van der Waals surface area contributed by atoms with Crippen LogP contribution in [0.4, 0.5) is 5.69 Å². The van der Waals surface area contributed by atoms with Gasteiger partial charge in [0.1, 0.15) is 0 Å². The van der Waals surface area contributed by atoms with Crippen LogP contribution in [-0.2, 0) is 16.0 Å². The number of anilines is 1. The van der Waals surface area contributed by atoms with Crippen LogP contribution in [0.5, 0.6) is 0 Å². The molecule has 36 heavy (non-hydrogen) atoms. The lowest BCUT2D eigenvalue weighted by Crippen LogP contribution is -2.54. The van der Waals surface area contributed by atoms with E-state index in [-0.39, 0.29) is 27.8 Å². The van der Waals surface area contributed by atoms with E-state index < -0.39 is 29.3 Å². The summed E-state index contributed by atoms with van der Waals surface area (Å²) in [4.78, 5) is 49.8.